The standard InChI is InChI=1S/C12H9Cl3/c1-4-7-8(5-2)10(13)12(15)11(14)9(7)6-3/h4-6H,1-3H2. The second-order valence-corrected chi connectivity index (χ2v) is 3.93. The Kier molecular flexibility index (Phi) is 4.04. The lowest BCUT2D eigenvalue weighted by Crippen LogP contribution is -1.91. The summed E-state index contributed by atoms with van der Waals surface area (Å²) in [6.45, 7) is 11.1. The number of rotatable bonds is 3. The third kappa shape index (κ3) is 1.98. The largest absolute Gasteiger partial charge is 0.0984 e. The SMILES string of the molecule is C=Cc1c(Cl)c(Cl)c(Cl)c(C=C)c1C=C. The first-order valence-corrected chi connectivity index (χ1v) is 5.29. The van der Waals surface area contributed by atoms with Crippen molar-refractivity contribution in [2.24, 2.45) is 0 Å². The van der Waals surface area contributed by atoms with E-state index in [1.54, 1.807) is 18.2 Å². The van der Waals surface area contributed by atoms with Gasteiger partial charge in [-0.2, -0.15) is 0 Å². The normalized spacial score (nSPS) is 9.80. The van der Waals surface area contributed by atoms with Crippen molar-refractivity contribution >= 4 is 53.0 Å². The molecule has 15 heavy (non-hydrogen) atoms. The van der Waals surface area contributed by atoms with Gasteiger partial charge in [0.2, 0.25) is 0 Å². The summed E-state index contributed by atoms with van der Waals surface area (Å²) in [7, 11) is 0. The van der Waals surface area contributed by atoms with E-state index in [-0.39, 0.29) is 0 Å². The van der Waals surface area contributed by atoms with Crippen LogP contribution < -0.4 is 0 Å². The quantitative estimate of drug-likeness (QED) is 0.622. The Bertz CT molecular complexity index is 410. The highest BCUT2D eigenvalue weighted by atomic mass is 35.5. The number of hydrogen-bond acceptors (Lipinski definition) is 0. The van der Waals surface area contributed by atoms with Crippen LogP contribution in [0.2, 0.25) is 15.1 Å². The van der Waals surface area contributed by atoms with Gasteiger partial charge >= 0.3 is 0 Å². The number of benzene rings is 1. The molecule has 0 atom stereocenters. The Balaban J connectivity index is 3.81. The predicted octanol–water partition coefficient (Wildman–Crippen LogP) is 5.58. The van der Waals surface area contributed by atoms with Gasteiger partial charge in [0.1, 0.15) is 0 Å². The molecule has 0 aromatic heterocycles. The molecule has 1 rings (SSSR count). The van der Waals surface area contributed by atoms with Crippen LogP contribution in [0.3, 0.4) is 0 Å². The molecule has 0 nitrogen and oxygen atoms in total. The molecule has 0 saturated carbocycles. The van der Waals surface area contributed by atoms with Gasteiger partial charge in [-0.15, -0.1) is 0 Å². The molecule has 0 amide bonds. The molecule has 78 valence electrons. The van der Waals surface area contributed by atoms with Crippen molar-refractivity contribution in [3.63, 3.8) is 0 Å². The molecule has 0 aliphatic carbocycles. The lowest BCUT2D eigenvalue weighted by atomic mass is 10.0. The second-order valence-electron chi connectivity index (χ2n) is 2.80. The zero-order valence-corrected chi connectivity index (χ0v) is 10.3. The van der Waals surface area contributed by atoms with Crippen molar-refractivity contribution in [1.29, 1.82) is 0 Å². The first-order chi connectivity index (χ1) is 7.08. The first kappa shape index (κ1) is 12.4. The van der Waals surface area contributed by atoms with Crippen molar-refractivity contribution in [2.75, 3.05) is 0 Å². The summed E-state index contributed by atoms with van der Waals surface area (Å²) in [6.07, 6.45) is 4.89. The van der Waals surface area contributed by atoms with Gasteiger partial charge in [0.05, 0.1) is 15.1 Å². The molecule has 0 N–H and O–H groups in total. The molecular formula is C12H9Cl3. The van der Waals surface area contributed by atoms with Gasteiger partial charge in [0.15, 0.2) is 0 Å². The van der Waals surface area contributed by atoms with Gasteiger partial charge in [-0.05, 0) is 5.56 Å². The van der Waals surface area contributed by atoms with E-state index in [2.05, 4.69) is 19.7 Å². The molecule has 0 aliphatic heterocycles. The second kappa shape index (κ2) is 4.89. The number of hydrogen-bond donors (Lipinski definition) is 0. The van der Waals surface area contributed by atoms with E-state index in [0.29, 0.717) is 15.1 Å². The minimum atomic E-state index is 0.314. The van der Waals surface area contributed by atoms with Crippen molar-refractivity contribution in [2.45, 2.75) is 0 Å². The van der Waals surface area contributed by atoms with Crippen molar-refractivity contribution in [3.05, 3.63) is 51.5 Å². The fourth-order valence-corrected chi connectivity index (χ4v) is 2.13. The summed E-state index contributed by atoms with van der Waals surface area (Å²) in [4.78, 5) is 0. The summed E-state index contributed by atoms with van der Waals surface area (Å²) in [6, 6.07) is 0. The Hall–Kier alpha value is -0.690. The molecule has 0 spiro atoms. The average molecular weight is 260 g/mol. The lowest BCUT2D eigenvalue weighted by molar-refractivity contribution is 1.57. The highest BCUT2D eigenvalue weighted by Crippen LogP contribution is 2.40. The van der Waals surface area contributed by atoms with E-state index in [0.717, 1.165) is 16.7 Å². The van der Waals surface area contributed by atoms with Gasteiger partial charge in [-0.1, -0.05) is 72.8 Å². The van der Waals surface area contributed by atoms with Crippen LogP contribution in [0.1, 0.15) is 16.7 Å². The first-order valence-electron chi connectivity index (χ1n) is 4.16. The topological polar surface area (TPSA) is 0 Å². The van der Waals surface area contributed by atoms with Crippen LogP contribution in [0.5, 0.6) is 0 Å². The minimum absolute atomic E-state index is 0.314. The smallest absolute Gasteiger partial charge is 0.0791 e. The maximum Gasteiger partial charge on any atom is 0.0791 e. The van der Waals surface area contributed by atoms with Crippen LogP contribution in [0.15, 0.2) is 19.7 Å². The zero-order chi connectivity index (χ0) is 11.6. The van der Waals surface area contributed by atoms with Gasteiger partial charge in [-0.25, -0.2) is 0 Å². The van der Waals surface area contributed by atoms with E-state index in [1.807, 2.05) is 0 Å². The molecule has 1 aromatic carbocycles. The molecule has 3 heteroatoms. The van der Waals surface area contributed by atoms with E-state index in [9.17, 15) is 0 Å². The molecule has 0 bridgehead atoms. The Morgan fingerprint density at radius 3 is 1.20 bits per heavy atom. The summed E-state index contributed by atoms with van der Waals surface area (Å²) in [5, 5.41) is 1.09. The van der Waals surface area contributed by atoms with Crippen LogP contribution in [0.25, 0.3) is 18.2 Å². The van der Waals surface area contributed by atoms with Crippen LogP contribution in [-0.4, -0.2) is 0 Å². The summed E-state index contributed by atoms with van der Waals surface area (Å²) in [5.41, 5.74) is 2.23. The van der Waals surface area contributed by atoms with E-state index in [1.165, 1.54) is 0 Å². The molecule has 1 aromatic rings. The monoisotopic (exact) mass is 258 g/mol. The molecule has 0 saturated heterocycles. The molecule has 0 fully saturated rings. The summed E-state index contributed by atoms with van der Waals surface area (Å²) >= 11 is 18.1. The predicted molar refractivity (Wildman–Crippen MR) is 71.7 cm³/mol. The van der Waals surface area contributed by atoms with Gasteiger partial charge < -0.3 is 0 Å². The van der Waals surface area contributed by atoms with E-state index < -0.39 is 0 Å². The van der Waals surface area contributed by atoms with Gasteiger partial charge in [-0.3, -0.25) is 0 Å². The molecular weight excluding hydrogens is 250 g/mol. The third-order valence-electron chi connectivity index (χ3n) is 2.05. The molecule has 0 heterocycles. The maximum atomic E-state index is 6.04. The maximum absolute atomic E-state index is 6.04. The minimum Gasteiger partial charge on any atom is -0.0984 e. The average Bonchev–Trinajstić information content (AvgIpc) is 2.25. The summed E-state index contributed by atoms with van der Waals surface area (Å²) < 4.78 is 0. The zero-order valence-electron chi connectivity index (χ0n) is 7.99. The van der Waals surface area contributed by atoms with Gasteiger partial charge in [0, 0.05) is 11.1 Å². The molecule has 0 aliphatic rings. The fourth-order valence-electron chi connectivity index (χ4n) is 1.33. The molecule has 0 unspecified atom stereocenters. The Labute approximate surface area is 104 Å². The van der Waals surface area contributed by atoms with Crippen molar-refractivity contribution < 1.29 is 0 Å². The summed E-state index contributed by atoms with van der Waals surface area (Å²) in [5.74, 6) is 0. The van der Waals surface area contributed by atoms with Crippen molar-refractivity contribution in [3.8, 4) is 0 Å². The highest BCUT2D eigenvalue weighted by molar-refractivity contribution is 6.49. The Morgan fingerprint density at radius 2 is 0.933 bits per heavy atom. The fraction of sp³-hybridized carbons (Fsp3) is 0. The Morgan fingerprint density at radius 1 is 0.600 bits per heavy atom. The van der Waals surface area contributed by atoms with Crippen LogP contribution >= 0.6 is 34.8 Å². The number of halogens is 3. The highest BCUT2D eigenvalue weighted by Gasteiger charge is 2.15. The van der Waals surface area contributed by atoms with Crippen LogP contribution in [-0.2, 0) is 0 Å². The lowest BCUT2D eigenvalue weighted by Gasteiger charge is -2.12. The molecule has 0 radical (unpaired) electrons. The van der Waals surface area contributed by atoms with E-state index >= 15 is 0 Å². The van der Waals surface area contributed by atoms with Crippen LogP contribution in [0.4, 0.5) is 0 Å². The van der Waals surface area contributed by atoms with Crippen molar-refractivity contribution in [1.82, 2.24) is 0 Å². The van der Waals surface area contributed by atoms with Crippen LogP contribution in [0, 0.1) is 0 Å². The van der Waals surface area contributed by atoms with E-state index in [4.69, 9.17) is 34.8 Å². The third-order valence-corrected chi connectivity index (χ3v) is 3.41. The van der Waals surface area contributed by atoms with Gasteiger partial charge in [0.25, 0.3) is 0 Å².